The zero-order valence-corrected chi connectivity index (χ0v) is 15.5. The van der Waals surface area contributed by atoms with E-state index in [0.717, 1.165) is 27.2 Å². The van der Waals surface area contributed by atoms with Crippen molar-refractivity contribution in [3.63, 3.8) is 0 Å². The van der Waals surface area contributed by atoms with Gasteiger partial charge >= 0.3 is 6.36 Å². The van der Waals surface area contributed by atoms with Crippen LogP contribution in [0.1, 0.15) is 5.69 Å². The number of anilines is 1. The van der Waals surface area contributed by atoms with Crippen molar-refractivity contribution in [3.05, 3.63) is 41.4 Å². The number of aromatic nitrogens is 1. The molecule has 0 spiro atoms. The van der Waals surface area contributed by atoms with Crippen molar-refractivity contribution in [2.24, 2.45) is 4.99 Å². The molecule has 3 aromatic rings. The predicted molar refractivity (Wildman–Crippen MR) is 103 cm³/mol. The van der Waals surface area contributed by atoms with Crippen molar-refractivity contribution in [2.45, 2.75) is 10.6 Å². The number of thiophene rings is 1. The molecule has 2 aromatic heterocycles. The van der Waals surface area contributed by atoms with E-state index in [2.05, 4.69) is 19.4 Å². The molecule has 0 amide bonds. The topological polar surface area (TPSA) is 49.4 Å². The molecule has 0 fully saturated rings. The number of alkyl halides is 3. The van der Waals surface area contributed by atoms with Crippen LogP contribution in [0.4, 0.5) is 18.9 Å². The van der Waals surface area contributed by atoms with Crippen LogP contribution in [0, 0.1) is 0 Å². The van der Waals surface area contributed by atoms with Gasteiger partial charge < -0.3 is 14.4 Å². The van der Waals surface area contributed by atoms with Crippen LogP contribution in [0.25, 0.3) is 10.9 Å². The third-order valence-corrected chi connectivity index (χ3v) is 6.38. The highest BCUT2D eigenvalue weighted by atomic mass is 32.2. The molecule has 1 aliphatic heterocycles. The van der Waals surface area contributed by atoms with E-state index in [4.69, 9.17) is 0 Å². The number of rotatable bonds is 5. The largest absolute Gasteiger partial charge is 0.573 e. The Hall–Kier alpha value is -1.78. The third kappa shape index (κ3) is 3.97. The van der Waals surface area contributed by atoms with Gasteiger partial charge in [-0.25, -0.2) is 0 Å². The molecule has 0 aliphatic carbocycles. The summed E-state index contributed by atoms with van der Waals surface area (Å²) in [6, 6.07) is 8.37. The van der Waals surface area contributed by atoms with Gasteiger partial charge in [-0.15, -0.1) is 36.3 Å². The van der Waals surface area contributed by atoms with Crippen LogP contribution in [-0.2, 0) is 0 Å². The van der Waals surface area contributed by atoms with E-state index in [9.17, 15) is 13.2 Å². The van der Waals surface area contributed by atoms with Crippen LogP contribution in [0.2, 0.25) is 0 Å². The first-order chi connectivity index (χ1) is 12.5. The van der Waals surface area contributed by atoms with E-state index in [-0.39, 0.29) is 5.75 Å². The number of H-pyrrole nitrogens is 1. The van der Waals surface area contributed by atoms with Gasteiger partial charge in [-0.2, -0.15) is 0 Å². The van der Waals surface area contributed by atoms with Gasteiger partial charge in [0, 0.05) is 23.8 Å². The summed E-state index contributed by atoms with van der Waals surface area (Å²) in [5.41, 5.74) is 2.04. The molecule has 1 aromatic carbocycles. The van der Waals surface area contributed by atoms with Gasteiger partial charge in [-0.3, -0.25) is 4.99 Å². The van der Waals surface area contributed by atoms with Gasteiger partial charge in [0.05, 0.1) is 21.1 Å². The molecule has 0 atom stereocenters. The number of aromatic amines is 1. The normalized spacial score (nSPS) is 14.7. The molecule has 3 heterocycles. The Balaban J connectivity index is 1.72. The predicted octanol–water partition coefficient (Wildman–Crippen LogP) is 5.74. The Morgan fingerprint density at radius 1 is 1.27 bits per heavy atom. The molecule has 4 nitrogen and oxygen atoms in total. The number of ether oxygens (including phenoxy) is 1. The van der Waals surface area contributed by atoms with E-state index in [1.807, 2.05) is 17.5 Å². The van der Waals surface area contributed by atoms with Crippen LogP contribution in [0.3, 0.4) is 0 Å². The number of nitrogens with one attached hydrogen (secondary N) is 2. The summed E-state index contributed by atoms with van der Waals surface area (Å²) in [6.07, 6.45) is -4.74. The second kappa shape index (κ2) is 7.09. The summed E-state index contributed by atoms with van der Waals surface area (Å²) in [7, 11) is 0. The van der Waals surface area contributed by atoms with Crippen LogP contribution >= 0.6 is 35.0 Å². The minimum absolute atomic E-state index is 0.258. The maximum atomic E-state index is 12.7. The number of thioether (sulfide) groups is 1. The Labute approximate surface area is 159 Å². The van der Waals surface area contributed by atoms with Crippen molar-refractivity contribution in [3.8, 4) is 5.75 Å². The monoisotopic (exact) mass is 415 g/mol. The molecule has 0 bridgehead atoms. The van der Waals surface area contributed by atoms with Crippen molar-refractivity contribution >= 4 is 56.7 Å². The number of hydrogen-bond donors (Lipinski definition) is 2. The van der Waals surface area contributed by atoms with Crippen molar-refractivity contribution in [1.82, 2.24) is 4.98 Å². The highest BCUT2D eigenvalue weighted by Gasteiger charge is 2.31. The summed E-state index contributed by atoms with van der Waals surface area (Å²) in [6.45, 7) is 0.747. The fourth-order valence-corrected chi connectivity index (χ4v) is 4.80. The molecule has 0 saturated heterocycles. The maximum Gasteiger partial charge on any atom is 0.573 e. The first-order valence-electron chi connectivity index (χ1n) is 7.54. The standard InChI is InChI=1S/C16H12F3N3OS3/c17-16(18,19)23-10-6-9-7-12(15-20-3-5-25-15)21-14(9)11(8-10)22-26-13-2-1-4-24-13/h1-2,4,6-8,21-22H,3,5H2. The molecule has 1 aliphatic rings. The highest BCUT2D eigenvalue weighted by molar-refractivity contribution is 8.14. The van der Waals surface area contributed by atoms with Crippen molar-refractivity contribution < 1.29 is 17.9 Å². The lowest BCUT2D eigenvalue weighted by Gasteiger charge is -2.12. The number of nitrogens with zero attached hydrogens (tertiary/aromatic N) is 1. The molecule has 10 heteroatoms. The van der Waals surface area contributed by atoms with E-state index < -0.39 is 6.36 Å². The molecule has 0 radical (unpaired) electrons. The van der Waals surface area contributed by atoms with E-state index in [0.29, 0.717) is 16.6 Å². The van der Waals surface area contributed by atoms with Gasteiger partial charge in [-0.1, -0.05) is 6.07 Å². The minimum Gasteiger partial charge on any atom is -0.406 e. The van der Waals surface area contributed by atoms with Crippen molar-refractivity contribution in [1.29, 1.82) is 0 Å². The zero-order chi connectivity index (χ0) is 18.1. The average Bonchev–Trinajstić information content (AvgIpc) is 3.30. The smallest absolute Gasteiger partial charge is 0.406 e. The Morgan fingerprint density at radius 2 is 2.15 bits per heavy atom. The molecule has 0 unspecified atom stereocenters. The first kappa shape index (κ1) is 17.6. The van der Waals surface area contributed by atoms with Crippen LogP contribution < -0.4 is 9.46 Å². The number of hydrogen-bond acceptors (Lipinski definition) is 6. The van der Waals surface area contributed by atoms with E-state index in [1.54, 1.807) is 29.2 Å². The summed E-state index contributed by atoms with van der Waals surface area (Å²) in [5.74, 6) is 0.651. The lowest BCUT2D eigenvalue weighted by molar-refractivity contribution is -0.274. The third-order valence-electron chi connectivity index (χ3n) is 3.51. The van der Waals surface area contributed by atoms with Gasteiger partial charge in [0.2, 0.25) is 0 Å². The van der Waals surface area contributed by atoms with Gasteiger partial charge in [0.25, 0.3) is 0 Å². The molecule has 0 saturated carbocycles. The van der Waals surface area contributed by atoms with E-state index >= 15 is 0 Å². The highest BCUT2D eigenvalue weighted by Crippen LogP contribution is 2.36. The van der Waals surface area contributed by atoms with Crippen LogP contribution in [0.15, 0.2) is 44.9 Å². The molecule has 2 N–H and O–H groups in total. The number of halogens is 3. The summed E-state index contributed by atoms with van der Waals surface area (Å²) >= 11 is 4.51. The van der Waals surface area contributed by atoms with Gasteiger partial charge in [0.15, 0.2) is 0 Å². The zero-order valence-electron chi connectivity index (χ0n) is 13.1. The van der Waals surface area contributed by atoms with E-state index in [1.165, 1.54) is 24.1 Å². The van der Waals surface area contributed by atoms with Crippen molar-refractivity contribution in [2.75, 3.05) is 17.0 Å². The van der Waals surface area contributed by atoms with Crippen LogP contribution in [0.5, 0.6) is 5.75 Å². The maximum absolute atomic E-state index is 12.7. The average molecular weight is 415 g/mol. The van der Waals surface area contributed by atoms with Gasteiger partial charge in [0.1, 0.15) is 10.8 Å². The second-order valence-electron chi connectivity index (χ2n) is 5.34. The number of benzene rings is 1. The molecule has 136 valence electrons. The Morgan fingerprint density at radius 3 is 2.85 bits per heavy atom. The quantitative estimate of drug-likeness (QED) is 0.522. The number of aliphatic imine (C=N–C) groups is 1. The lowest BCUT2D eigenvalue weighted by atomic mass is 10.2. The second-order valence-corrected chi connectivity index (χ2v) is 8.48. The SMILES string of the molecule is FC(F)(F)Oc1cc(NSc2cccs2)c2[nH]c(C3=NCCS3)cc2c1. The first-order valence-corrected chi connectivity index (χ1v) is 10.2. The molecular formula is C16H12F3N3OS3. The summed E-state index contributed by atoms with van der Waals surface area (Å²) < 4.78 is 46.2. The minimum atomic E-state index is -4.74. The number of fused-ring (bicyclic) bond motifs is 1. The molecular weight excluding hydrogens is 403 g/mol. The Kier molecular flexibility index (Phi) is 4.80. The fourth-order valence-electron chi connectivity index (χ4n) is 2.53. The Bertz CT molecular complexity index is 951. The van der Waals surface area contributed by atoms with Crippen LogP contribution in [-0.4, -0.2) is 28.7 Å². The summed E-state index contributed by atoms with van der Waals surface area (Å²) in [5, 5.41) is 3.44. The fraction of sp³-hybridized carbons (Fsp3) is 0.188. The molecule has 26 heavy (non-hydrogen) atoms. The lowest BCUT2D eigenvalue weighted by Crippen LogP contribution is -2.17. The molecule has 4 rings (SSSR count). The summed E-state index contributed by atoms with van der Waals surface area (Å²) in [4.78, 5) is 7.68. The van der Waals surface area contributed by atoms with Gasteiger partial charge in [-0.05, 0) is 35.5 Å².